The smallest absolute Gasteiger partial charge is 0.352 e. The molecule has 0 aliphatic carbocycles. The Kier molecular flexibility index (Phi) is 4.26. The van der Waals surface area contributed by atoms with Crippen molar-refractivity contribution in [2.24, 2.45) is 5.92 Å². The van der Waals surface area contributed by atoms with Crippen molar-refractivity contribution in [2.75, 3.05) is 0 Å². The van der Waals surface area contributed by atoms with Gasteiger partial charge in [-0.3, -0.25) is 4.79 Å². The van der Waals surface area contributed by atoms with Gasteiger partial charge < -0.3 is 15.4 Å². The second-order valence-corrected chi connectivity index (χ2v) is 5.35. The van der Waals surface area contributed by atoms with Crippen LogP contribution in [0.4, 0.5) is 4.39 Å². The van der Waals surface area contributed by atoms with E-state index in [-0.39, 0.29) is 24.1 Å². The largest absolute Gasteiger partial charge is 0.477 e. The van der Waals surface area contributed by atoms with Gasteiger partial charge in [0.15, 0.2) is 0 Å². The van der Waals surface area contributed by atoms with E-state index in [9.17, 15) is 19.1 Å². The maximum atomic E-state index is 13.3. The highest BCUT2D eigenvalue weighted by Crippen LogP contribution is 2.23. The summed E-state index contributed by atoms with van der Waals surface area (Å²) in [7, 11) is 0. The summed E-state index contributed by atoms with van der Waals surface area (Å²) in [6.45, 7) is 3.89. The molecule has 0 aliphatic heterocycles. The Bertz CT molecular complexity index is 692. The molecular formula is C15H17FN2O3. The number of nitrogens with one attached hydrogen (secondary N) is 2. The number of H-pyrrole nitrogens is 1. The van der Waals surface area contributed by atoms with Crippen LogP contribution in [-0.4, -0.2) is 22.0 Å². The Labute approximate surface area is 121 Å². The van der Waals surface area contributed by atoms with Crippen LogP contribution in [0.3, 0.4) is 0 Å². The zero-order chi connectivity index (χ0) is 15.6. The van der Waals surface area contributed by atoms with Gasteiger partial charge in [-0.2, -0.15) is 0 Å². The third-order valence-electron chi connectivity index (χ3n) is 3.14. The minimum Gasteiger partial charge on any atom is -0.477 e. The highest BCUT2D eigenvalue weighted by atomic mass is 19.1. The van der Waals surface area contributed by atoms with Crippen LogP contribution in [0.1, 0.15) is 36.3 Å². The summed E-state index contributed by atoms with van der Waals surface area (Å²) >= 11 is 0. The highest BCUT2D eigenvalue weighted by Gasteiger charge is 2.18. The van der Waals surface area contributed by atoms with Gasteiger partial charge in [-0.05, 0) is 24.1 Å². The van der Waals surface area contributed by atoms with Crippen LogP contribution in [0, 0.1) is 11.7 Å². The predicted octanol–water partition coefficient (Wildman–Crippen LogP) is 2.67. The van der Waals surface area contributed by atoms with E-state index in [2.05, 4.69) is 10.3 Å². The fraction of sp³-hybridized carbons (Fsp3) is 0.333. The molecule has 2 aromatic rings. The summed E-state index contributed by atoms with van der Waals surface area (Å²) < 4.78 is 13.3. The van der Waals surface area contributed by atoms with Crippen LogP contribution in [-0.2, 0) is 11.3 Å². The molecular weight excluding hydrogens is 275 g/mol. The van der Waals surface area contributed by atoms with Crippen molar-refractivity contribution in [1.82, 2.24) is 10.3 Å². The molecule has 5 nitrogen and oxygen atoms in total. The van der Waals surface area contributed by atoms with Gasteiger partial charge in [-0.15, -0.1) is 0 Å². The second kappa shape index (κ2) is 5.95. The minimum absolute atomic E-state index is 0.0274. The van der Waals surface area contributed by atoms with Gasteiger partial charge in [0, 0.05) is 29.4 Å². The highest BCUT2D eigenvalue weighted by molar-refractivity contribution is 5.97. The first-order valence-electron chi connectivity index (χ1n) is 6.68. The number of rotatable bonds is 5. The normalized spacial score (nSPS) is 11.0. The average molecular weight is 292 g/mol. The summed E-state index contributed by atoms with van der Waals surface area (Å²) in [5, 5.41) is 12.4. The van der Waals surface area contributed by atoms with Gasteiger partial charge in [0.05, 0.1) is 0 Å². The van der Waals surface area contributed by atoms with Crippen LogP contribution in [0.25, 0.3) is 10.9 Å². The lowest BCUT2D eigenvalue weighted by molar-refractivity contribution is -0.121. The number of amides is 1. The van der Waals surface area contributed by atoms with E-state index in [1.54, 1.807) is 0 Å². The predicted molar refractivity (Wildman–Crippen MR) is 76.5 cm³/mol. The fourth-order valence-electron chi connectivity index (χ4n) is 2.22. The number of fused-ring (bicyclic) bond motifs is 1. The van der Waals surface area contributed by atoms with Crippen molar-refractivity contribution in [1.29, 1.82) is 0 Å². The molecule has 1 aromatic carbocycles. The summed E-state index contributed by atoms with van der Waals surface area (Å²) in [5.41, 5.74) is 0.886. The number of hydrogen-bond donors (Lipinski definition) is 3. The van der Waals surface area contributed by atoms with E-state index in [1.165, 1.54) is 18.2 Å². The van der Waals surface area contributed by atoms with Crippen LogP contribution >= 0.6 is 0 Å². The SMILES string of the molecule is CC(C)CC(=O)NCc1c(C(=O)O)[nH]c2ccc(F)cc12. The number of carboxylic acids is 1. The summed E-state index contributed by atoms with van der Waals surface area (Å²) in [4.78, 5) is 25.7. The maximum absolute atomic E-state index is 13.3. The van der Waals surface area contributed by atoms with Crippen LogP contribution in [0.15, 0.2) is 18.2 Å². The number of carboxylic acid groups (broad SMARTS) is 1. The van der Waals surface area contributed by atoms with Gasteiger partial charge in [-0.25, -0.2) is 9.18 Å². The molecule has 0 unspecified atom stereocenters. The molecule has 21 heavy (non-hydrogen) atoms. The Hall–Kier alpha value is -2.37. The molecule has 0 spiro atoms. The third kappa shape index (κ3) is 3.39. The van der Waals surface area contributed by atoms with E-state index in [0.717, 1.165) is 0 Å². The molecule has 1 aromatic heterocycles. The number of carbonyl (C=O) groups is 2. The standard InChI is InChI=1S/C15H17FN2O3/c1-8(2)5-13(19)17-7-11-10-6-9(16)3-4-12(10)18-14(11)15(20)21/h3-4,6,8,18H,5,7H2,1-2H3,(H,17,19)(H,20,21). The molecule has 0 aliphatic rings. The van der Waals surface area contributed by atoms with Gasteiger partial charge >= 0.3 is 5.97 Å². The summed E-state index contributed by atoms with van der Waals surface area (Å²) in [6, 6.07) is 4.00. The van der Waals surface area contributed by atoms with Crippen molar-refractivity contribution in [3.05, 3.63) is 35.3 Å². The first-order chi connectivity index (χ1) is 9.88. The van der Waals surface area contributed by atoms with E-state index >= 15 is 0 Å². The van der Waals surface area contributed by atoms with E-state index in [4.69, 9.17) is 0 Å². The van der Waals surface area contributed by atoms with Gasteiger partial charge in [0.25, 0.3) is 0 Å². The number of halogens is 1. The zero-order valence-corrected chi connectivity index (χ0v) is 11.9. The molecule has 0 saturated heterocycles. The van der Waals surface area contributed by atoms with Crippen molar-refractivity contribution in [2.45, 2.75) is 26.8 Å². The molecule has 0 atom stereocenters. The Balaban J connectivity index is 2.32. The van der Waals surface area contributed by atoms with E-state index in [1.807, 2.05) is 13.8 Å². The molecule has 1 amide bonds. The van der Waals surface area contributed by atoms with E-state index in [0.29, 0.717) is 22.9 Å². The number of hydrogen-bond acceptors (Lipinski definition) is 2. The number of benzene rings is 1. The fourth-order valence-corrected chi connectivity index (χ4v) is 2.22. The van der Waals surface area contributed by atoms with Crippen LogP contribution in [0.2, 0.25) is 0 Å². The molecule has 112 valence electrons. The number of carbonyl (C=O) groups excluding carboxylic acids is 1. The zero-order valence-electron chi connectivity index (χ0n) is 11.9. The lowest BCUT2D eigenvalue weighted by atomic mass is 10.1. The molecule has 0 fully saturated rings. The minimum atomic E-state index is -1.14. The van der Waals surface area contributed by atoms with Crippen molar-refractivity contribution in [3.63, 3.8) is 0 Å². The number of aromatic nitrogens is 1. The van der Waals surface area contributed by atoms with Gasteiger partial charge in [-0.1, -0.05) is 13.8 Å². The Morgan fingerprint density at radius 3 is 2.71 bits per heavy atom. The molecule has 2 rings (SSSR count). The van der Waals surface area contributed by atoms with E-state index < -0.39 is 11.8 Å². The monoisotopic (exact) mass is 292 g/mol. The quantitative estimate of drug-likeness (QED) is 0.792. The first-order valence-corrected chi connectivity index (χ1v) is 6.68. The lowest BCUT2D eigenvalue weighted by Crippen LogP contribution is -2.24. The molecule has 0 radical (unpaired) electrons. The van der Waals surface area contributed by atoms with Crippen LogP contribution in [0.5, 0.6) is 0 Å². The topological polar surface area (TPSA) is 82.2 Å². The molecule has 0 saturated carbocycles. The Morgan fingerprint density at radius 1 is 1.38 bits per heavy atom. The maximum Gasteiger partial charge on any atom is 0.352 e. The lowest BCUT2D eigenvalue weighted by Gasteiger charge is -2.07. The molecule has 0 bridgehead atoms. The summed E-state index contributed by atoms with van der Waals surface area (Å²) in [6.07, 6.45) is 0.360. The van der Waals surface area contributed by atoms with Crippen molar-refractivity contribution in [3.8, 4) is 0 Å². The molecule has 1 heterocycles. The van der Waals surface area contributed by atoms with Gasteiger partial charge in [0.1, 0.15) is 11.5 Å². The number of aromatic carboxylic acids is 1. The molecule has 3 N–H and O–H groups in total. The van der Waals surface area contributed by atoms with Crippen molar-refractivity contribution >= 4 is 22.8 Å². The number of aromatic amines is 1. The average Bonchev–Trinajstić information content (AvgIpc) is 2.73. The van der Waals surface area contributed by atoms with Gasteiger partial charge in [0.2, 0.25) is 5.91 Å². The van der Waals surface area contributed by atoms with Crippen LogP contribution < -0.4 is 5.32 Å². The molecule has 6 heteroatoms. The summed E-state index contributed by atoms with van der Waals surface area (Å²) in [5.74, 6) is -1.54. The second-order valence-electron chi connectivity index (χ2n) is 5.35. The third-order valence-corrected chi connectivity index (χ3v) is 3.14. The Morgan fingerprint density at radius 2 is 2.10 bits per heavy atom. The first kappa shape index (κ1) is 15.0. The van der Waals surface area contributed by atoms with Crippen molar-refractivity contribution < 1.29 is 19.1 Å².